The van der Waals surface area contributed by atoms with E-state index in [1.165, 1.54) is 0 Å². The molecule has 1 unspecified atom stereocenters. The average Bonchev–Trinajstić information content (AvgIpc) is 2.89. The van der Waals surface area contributed by atoms with E-state index in [1.54, 1.807) is 13.4 Å². The fraction of sp³-hybridized carbons (Fsp3) is 0.222. The number of fused-ring (bicyclic) bond motifs is 1. The average molecular weight is 281 g/mol. The molecule has 0 radical (unpaired) electrons. The molecule has 0 bridgehead atoms. The number of ether oxygens (including phenoxy) is 1. The molecule has 1 aromatic heterocycles. The molecular formula is C18H19NO2. The summed E-state index contributed by atoms with van der Waals surface area (Å²) >= 11 is 0. The highest BCUT2D eigenvalue weighted by Gasteiger charge is 2.20. The first-order valence-corrected chi connectivity index (χ1v) is 6.98. The molecule has 108 valence electrons. The third-order valence-electron chi connectivity index (χ3n) is 3.87. The lowest BCUT2D eigenvalue weighted by atomic mass is 9.93. The lowest BCUT2D eigenvalue weighted by Crippen LogP contribution is -2.14. The molecule has 0 spiro atoms. The van der Waals surface area contributed by atoms with Crippen LogP contribution in [0.3, 0.4) is 0 Å². The normalized spacial score (nSPS) is 12.6. The second-order valence-corrected chi connectivity index (χ2v) is 5.36. The third-order valence-corrected chi connectivity index (χ3v) is 3.87. The number of benzene rings is 2. The molecule has 0 aliphatic heterocycles. The second kappa shape index (κ2) is 5.26. The van der Waals surface area contributed by atoms with Crippen molar-refractivity contribution in [3.8, 4) is 5.75 Å². The van der Waals surface area contributed by atoms with Crippen molar-refractivity contribution in [2.45, 2.75) is 19.9 Å². The number of nitrogens with two attached hydrogens (primary N) is 1. The van der Waals surface area contributed by atoms with Crippen LogP contribution in [0, 0.1) is 13.8 Å². The fourth-order valence-corrected chi connectivity index (χ4v) is 2.90. The minimum absolute atomic E-state index is 0.274. The molecule has 3 rings (SSSR count). The smallest absolute Gasteiger partial charge is 0.134 e. The van der Waals surface area contributed by atoms with Gasteiger partial charge in [-0.15, -0.1) is 0 Å². The molecule has 0 saturated heterocycles. The van der Waals surface area contributed by atoms with E-state index < -0.39 is 0 Å². The number of hydrogen-bond donors (Lipinski definition) is 1. The summed E-state index contributed by atoms with van der Waals surface area (Å²) in [7, 11) is 1.68. The minimum Gasteiger partial charge on any atom is -0.496 e. The summed E-state index contributed by atoms with van der Waals surface area (Å²) in [6.07, 6.45) is 1.74. The van der Waals surface area contributed by atoms with Crippen molar-refractivity contribution in [2.75, 3.05) is 7.11 Å². The Bertz CT molecular complexity index is 789. The minimum atomic E-state index is -0.274. The zero-order chi connectivity index (χ0) is 15.0. The zero-order valence-corrected chi connectivity index (χ0v) is 12.5. The molecule has 3 aromatic rings. The van der Waals surface area contributed by atoms with Gasteiger partial charge in [0.25, 0.3) is 0 Å². The highest BCUT2D eigenvalue weighted by atomic mass is 16.5. The Morgan fingerprint density at radius 1 is 1.14 bits per heavy atom. The number of furan rings is 1. The predicted octanol–water partition coefficient (Wildman–Crippen LogP) is 4.11. The molecule has 0 amide bonds. The number of aryl methyl sites for hydroxylation is 2. The molecule has 0 fully saturated rings. The van der Waals surface area contributed by atoms with Gasteiger partial charge in [-0.3, -0.25) is 0 Å². The van der Waals surface area contributed by atoms with Crippen molar-refractivity contribution in [3.63, 3.8) is 0 Å². The van der Waals surface area contributed by atoms with Crippen LogP contribution < -0.4 is 10.5 Å². The summed E-state index contributed by atoms with van der Waals surface area (Å²) in [6.45, 7) is 4.12. The molecule has 21 heavy (non-hydrogen) atoms. The quantitative estimate of drug-likeness (QED) is 0.786. The molecule has 3 nitrogen and oxygen atoms in total. The molecule has 2 aromatic carbocycles. The summed E-state index contributed by atoms with van der Waals surface area (Å²) < 4.78 is 11.1. The SMILES string of the molecule is COc1cc(C)cc(C)c1C(N)c1coc2ccccc12. The third kappa shape index (κ3) is 2.30. The topological polar surface area (TPSA) is 48.4 Å². The van der Waals surface area contributed by atoms with Crippen molar-refractivity contribution in [2.24, 2.45) is 5.73 Å². The Morgan fingerprint density at radius 2 is 1.90 bits per heavy atom. The van der Waals surface area contributed by atoms with E-state index in [4.69, 9.17) is 14.9 Å². The van der Waals surface area contributed by atoms with Crippen LogP contribution in [0.5, 0.6) is 5.75 Å². The van der Waals surface area contributed by atoms with Gasteiger partial charge in [-0.1, -0.05) is 24.3 Å². The summed E-state index contributed by atoms with van der Waals surface area (Å²) in [5.41, 5.74) is 11.7. The van der Waals surface area contributed by atoms with Crippen LogP contribution in [0.2, 0.25) is 0 Å². The maximum absolute atomic E-state index is 6.51. The van der Waals surface area contributed by atoms with Gasteiger partial charge in [-0.2, -0.15) is 0 Å². The predicted molar refractivity (Wildman–Crippen MR) is 84.7 cm³/mol. The van der Waals surface area contributed by atoms with Crippen molar-refractivity contribution < 1.29 is 9.15 Å². The number of rotatable bonds is 3. The van der Waals surface area contributed by atoms with Gasteiger partial charge in [0, 0.05) is 16.5 Å². The van der Waals surface area contributed by atoms with Gasteiger partial charge in [0.15, 0.2) is 0 Å². The van der Waals surface area contributed by atoms with Crippen LogP contribution in [-0.2, 0) is 0 Å². The van der Waals surface area contributed by atoms with Gasteiger partial charge in [-0.05, 0) is 37.1 Å². The van der Waals surface area contributed by atoms with Crippen LogP contribution in [0.15, 0.2) is 47.1 Å². The van der Waals surface area contributed by atoms with E-state index in [0.29, 0.717) is 0 Å². The molecule has 2 N–H and O–H groups in total. The first-order chi connectivity index (χ1) is 10.1. The molecule has 3 heteroatoms. The van der Waals surface area contributed by atoms with E-state index >= 15 is 0 Å². The number of methoxy groups -OCH3 is 1. The summed E-state index contributed by atoms with van der Waals surface area (Å²) in [5, 5.41) is 1.05. The van der Waals surface area contributed by atoms with Crippen molar-refractivity contribution in [1.29, 1.82) is 0 Å². The Labute approximate surface area is 124 Å². The Hall–Kier alpha value is -2.26. The Morgan fingerprint density at radius 3 is 2.67 bits per heavy atom. The maximum atomic E-state index is 6.51. The lowest BCUT2D eigenvalue weighted by Gasteiger charge is -2.18. The van der Waals surface area contributed by atoms with Crippen molar-refractivity contribution >= 4 is 11.0 Å². The van der Waals surface area contributed by atoms with Crippen molar-refractivity contribution in [3.05, 3.63) is 64.9 Å². The van der Waals surface area contributed by atoms with Crippen LogP contribution in [0.25, 0.3) is 11.0 Å². The first kappa shape index (κ1) is 13.7. The molecule has 1 heterocycles. The maximum Gasteiger partial charge on any atom is 0.134 e. The van der Waals surface area contributed by atoms with E-state index in [-0.39, 0.29) is 6.04 Å². The van der Waals surface area contributed by atoms with Crippen LogP contribution in [0.1, 0.15) is 28.3 Å². The summed E-state index contributed by atoms with van der Waals surface area (Å²) in [5.74, 6) is 0.824. The monoisotopic (exact) mass is 281 g/mol. The van der Waals surface area contributed by atoms with Crippen LogP contribution >= 0.6 is 0 Å². The molecular weight excluding hydrogens is 262 g/mol. The highest BCUT2D eigenvalue weighted by Crippen LogP contribution is 2.35. The second-order valence-electron chi connectivity index (χ2n) is 5.36. The van der Waals surface area contributed by atoms with E-state index in [0.717, 1.165) is 39.0 Å². The number of hydrogen-bond acceptors (Lipinski definition) is 3. The van der Waals surface area contributed by atoms with Gasteiger partial charge in [0.05, 0.1) is 19.4 Å². The molecule has 1 atom stereocenters. The van der Waals surface area contributed by atoms with Gasteiger partial charge in [0.2, 0.25) is 0 Å². The largest absolute Gasteiger partial charge is 0.496 e. The zero-order valence-electron chi connectivity index (χ0n) is 12.5. The van der Waals surface area contributed by atoms with E-state index in [2.05, 4.69) is 19.9 Å². The van der Waals surface area contributed by atoms with Crippen molar-refractivity contribution in [1.82, 2.24) is 0 Å². The van der Waals surface area contributed by atoms with Gasteiger partial charge >= 0.3 is 0 Å². The van der Waals surface area contributed by atoms with Gasteiger partial charge in [0.1, 0.15) is 11.3 Å². The standard InChI is InChI=1S/C18H19NO2/c1-11-8-12(2)17(16(9-11)20-3)18(19)14-10-21-15-7-5-4-6-13(14)15/h4-10,18H,19H2,1-3H3. The fourth-order valence-electron chi connectivity index (χ4n) is 2.90. The summed E-state index contributed by atoms with van der Waals surface area (Å²) in [4.78, 5) is 0. The molecule has 0 saturated carbocycles. The van der Waals surface area contributed by atoms with Gasteiger partial charge in [-0.25, -0.2) is 0 Å². The summed E-state index contributed by atoms with van der Waals surface area (Å²) in [6, 6.07) is 11.8. The van der Waals surface area contributed by atoms with E-state index in [9.17, 15) is 0 Å². The Balaban J connectivity index is 2.16. The van der Waals surface area contributed by atoms with Gasteiger partial charge < -0.3 is 14.9 Å². The lowest BCUT2D eigenvalue weighted by molar-refractivity contribution is 0.407. The first-order valence-electron chi connectivity index (χ1n) is 6.98. The van der Waals surface area contributed by atoms with Crippen LogP contribution in [-0.4, -0.2) is 7.11 Å². The number of para-hydroxylation sites is 1. The van der Waals surface area contributed by atoms with E-state index in [1.807, 2.05) is 30.3 Å². The molecule has 0 aliphatic rings. The molecule has 0 aliphatic carbocycles. The Kier molecular flexibility index (Phi) is 3.43. The highest BCUT2D eigenvalue weighted by molar-refractivity contribution is 5.82. The van der Waals surface area contributed by atoms with Crippen LogP contribution in [0.4, 0.5) is 0 Å².